The van der Waals surface area contributed by atoms with Crippen LogP contribution in [0.15, 0.2) is 0 Å². The van der Waals surface area contributed by atoms with Gasteiger partial charge in [0.1, 0.15) is 11.4 Å². The Bertz CT molecular complexity index is 808. The lowest BCUT2D eigenvalue weighted by atomic mass is 9.44. The number of rotatable bonds is 1. The lowest BCUT2D eigenvalue weighted by molar-refractivity contribution is -0.190. The number of carbonyl (C=O) groups excluding carboxylic acids is 1. The Labute approximate surface area is 175 Å². The molecular weight excluding hydrogens is 360 g/mol. The van der Waals surface area contributed by atoms with Gasteiger partial charge in [-0.15, -0.1) is 0 Å². The molecule has 3 nitrogen and oxygen atoms in total. The average Bonchev–Trinajstić information content (AvgIpc) is 3.38. The zero-order valence-corrected chi connectivity index (χ0v) is 18.5. The highest BCUT2D eigenvalue weighted by atomic mass is 16.5. The normalized spacial score (nSPS) is 66.7. The summed E-state index contributed by atoms with van der Waals surface area (Å²) in [7, 11) is 1.71. The third-order valence-corrected chi connectivity index (χ3v) is 13.3. The molecule has 0 saturated heterocycles. The number of ether oxygens (including phenoxy) is 1. The van der Waals surface area contributed by atoms with E-state index in [1.54, 1.807) is 7.11 Å². The van der Waals surface area contributed by atoms with Gasteiger partial charge in [-0.1, -0.05) is 20.3 Å². The highest BCUT2D eigenvalue weighted by Gasteiger charge is 2.88. The van der Waals surface area contributed by atoms with Gasteiger partial charge in [-0.05, 0) is 97.7 Å². The van der Waals surface area contributed by atoms with E-state index >= 15 is 0 Å². The molecule has 0 aliphatic heterocycles. The second-order valence-electron chi connectivity index (χ2n) is 13.0. The molecule has 1 N–H and O–H groups in total. The van der Waals surface area contributed by atoms with Crippen molar-refractivity contribution in [2.75, 3.05) is 7.11 Å². The predicted octanol–water partition coefficient (Wildman–Crippen LogP) is 4.75. The number of carbonyl (C=O) groups is 1. The summed E-state index contributed by atoms with van der Waals surface area (Å²) >= 11 is 0. The Morgan fingerprint density at radius 2 is 1.86 bits per heavy atom. The van der Waals surface area contributed by atoms with E-state index in [-0.39, 0.29) is 22.9 Å². The van der Waals surface area contributed by atoms with Crippen LogP contribution in [0.25, 0.3) is 0 Å². The number of methoxy groups -OCH3 is 1. The first-order chi connectivity index (χ1) is 13.8. The summed E-state index contributed by atoms with van der Waals surface area (Å²) in [6.45, 7) is 4.96. The van der Waals surface area contributed by atoms with Gasteiger partial charge in [0.25, 0.3) is 0 Å². The average molecular weight is 399 g/mol. The van der Waals surface area contributed by atoms with E-state index in [1.165, 1.54) is 57.8 Å². The molecular formula is C26H38O3. The molecule has 0 aromatic carbocycles. The number of aliphatic hydroxyl groups is 1. The lowest BCUT2D eigenvalue weighted by Gasteiger charge is -2.60. The van der Waals surface area contributed by atoms with Gasteiger partial charge < -0.3 is 9.84 Å². The van der Waals surface area contributed by atoms with Crippen molar-refractivity contribution < 1.29 is 14.6 Å². The predicted molar refractivity (Wildman–Crippen MR) is 110 cm³/mol. The highest BCUT2D eigenvalue weighted by molar-refractivity contribution is 5.88. The maximum Gasteiger partial charge on any atom is 0.141 e. The molecule has 2 spiro atoms. The van der Waals surface area contributed by atoms with Crippen LogP contribution in [0.3, 0.4) is 0 Å². The van der Waals surface area contributed by atoms with Gasteiger partial charge >= 0.3 is 0 Å². The number of hydrogen-bond acceptors (Lipinski definition) is 3. The largest absolute Gasteiger partial charge is 0.386 e. The molecule has 7 rings (SSSR count). The van der Waals surface area contributed by atoms with Crippen LogP contribution in [-0.2, 0) is 9.53 Å². The fraction of sp³-hybridized carbons (Fsp3) is 0.962. The molecule has 160 valence electrons. The summed E-state index contributed by atoms with van der Waals surface area (Å²) in [5, 5.41) is 12.3. The summed E-state index contributed by atoms with van der Waals surface area (Å²) in [6.07, 6.45) is 13.9. The first-order valence-electron chi connectivity index (χ1n) is 12.6. The summed E-state index contributed by atoms with van der Waals surface area (Å²) in [4.78, 5) is 13.3. The van der Waals surface area contributed by atoms with E-state index in [9.17, 15) is 9.90 Å². The number of ketones is 1. The van der Waals surface area contributed by atoms with Crippen molar-refractivity contribution in [2.24, 2.45) is 51.2 Å². The van der Waals surface area contributed by atoms with Crippen LogP contribution in [0.2, 0.25) is 0 Å². The molecule has 7 fully saturated rings. The molecule has 0 aromatic heterocycles. The molecule has 0 aromatic rings. The molecule has 11 atom stereocenters. The van der Waals surface area contributed by atoms with E-state index in [4.69, 9.17) is 4.74 Å². The zero-order valence-electron chi connectivity index (χ0n) is 18.5. The fourth-order valence-electron chi connectivity index (χ4n) is 12.4. The van der Waals surface area contributed by atoms with Crippen molar-refractivity contribution in [1.82, 2.24) is 0 Å². The second kappa shape index (κ2) is 4.98. The molecule has 29 heavy (non-hydrogen) atoms. The summed E-state index contributed by atoms with van der Waals surface area (Å²) in [5.41, 5.74) is -0.121. The summed E-state index contributed by atoms with van der Waals surface area (Å²) in [6, 6.07) is 0. The Balaban J connectivity index is 1.44. The quantitative estimate of drug-likeness (QED) is 0.693. The Hall–Kier alpha value is -0.410. The second-order valence-corrected chi connectivity index (χ2v) is 13.0. The van der Waals surface area contributed by atoms with Crippen LogP contribution >= 0.6 is 0 Å². The summed E-state index contributed by atoms with van der Waals surface area (Å²) < 4.78 is 5.84. The minimum absolute atomic E-state index is 0.0842. The topological polar surface area (TPSA) is 46.5 Å². The first kappa shape index (κ1) is 18.2. The maximum atomic E-state index is 13.3. The SMILES string of the molecule is CO[C@@H]1CC(=O)[C@@H]2[C@@H]3[C@H]4C[C@H]5CC[C@@H]6CCC[C@]67CC[C@]5(C7)[C@]3(C)[C@](C)(C4)[C@]21O. The monoisotopic (exact) mass is 398 g/mol. The Morgan fingerprint density at radius 3 is 2.66 bits per heavy atom. The van der Waals surface area contributed by atoms with Crippen LogP contribution in [0.5, 0.6) is 0 Å². The summed E-state index contributed by atoms with van der Waals surface area (Å²) in [5.74, 6) is 2.93. The number of Topliss-reactive ketones (excluding diaryl/α,β-unsaturated/α-hetero) is 1. The van der Waals surface area contributed by atoms with Crippen LogP contribution < -0.4 is 0 Å². The maximum absolute atomic E-state index is 13.3. The molecule has 7 aliphatic rings. The standard InChI is InChI=1S/C26H38O3/c1-22-13-15-11-17-7-6-16-5-4-8-24(16)9-10-25(17,14-24)23(22,2)20(15)21-18(27)12-19(29-3)26(21,22)28/h15-17,19-21,28H,4-14H2,1-3H3/t15-,16-,17+,19+,20-,21+,22-,23-,24+,25+,26+/m0/s1. The molecule has 0 heterocycles. The van der Waals surface area contributed by atoms with Crippen molar-refractivity contribution in [3.8, 4) is 0 Å². The molecule has 0 radical (unpaired) electrons. The van der Waals surface area contributed by atoms with Gasteiger partial charge in [0.15, 0.2) is 0 Å². The van der Waals surface area contributed by atoms with Crippen molar-refractivity contribution in [3.05, 3.63) is 0 Å². The van der Waals surface area contributed by atoms with E-state index in [1.807, 2.05) is 0 Å². The Kier molecular flexibility index (Phi) is 3.12. The van der Waals surface area contributed by atoms with Crippen LogP contribution in [0, 0.1) is 51.2 Å². The zero-order chi connectivity index (χ0) is 20.0. The van der Waals surface area contributed by atoms with Gasteiger partial charge in [0.2, 0.25) is 0 Å². The molecule has 0 amide bonds. The van der Waals surface area contributed by atoms with Gasteiger partial charge in [-0.2, -0.15) is 0 Å². The Morgan fingerprint density at radius 1 is 1.07 bits per heavy atom. The molecule has 7 aliphatic carbocycles. The van der Waals surface area contributed by atoms with Gasteiger partial charge in [-0.25, -0.2) is 0 Å². The third-order valence-electron chi connectivity index (χ3n) is 13.3. The molecule has 7 saturated carbocycles. The number of hydrogen-bond donors (Lipinski definition) is 1. The smallest absolute Gasteiger partial charge is 0.141 e. The van der Waals surface area contributed by atoms with Crippen LogP contribution in [0.4, 0.5) is 0 Å². The minimum atomic E-state index is -0.949. The fourth-order valence-corrected chi connectivity index (χ4v) is 12.4. The third kappa shape index (κ3) is 1.53. The van der Waals surface area contributed by atoms with E-state index < -0.39 is 5.60 Å². The number of fused-ring (bicyclic) bond motifs is 2. The first-order valence-corrected chi connectivity index (χ1v) is 12.6. The van der Waals surface area contributed by atoms with Crippen molar-refractivity contribution in [3.63, 3.8) is 0 Å². The van der Waals surface area contributed by atoms with Gasteiger partial charge in [0.05, 0.1) is 12.0 Å². The molecule has 3 heteroatoms. The van der Waals surface area contributed by atoms with E-state index in [0.717, 1.165) is 18.3 Å². The lowest BCUT2D eigenvalue weighted by Crippen LogP contribution is -2.59. The van der Waals surface area contributed by atoms with E-state index in [0.29, 0.717) is 34.9 Å². The van der Waals surface area contributed by atoms with Crippen molar-refractivity contribution in [2.45, 2.75) is 96.2 Å². The van der Waals surface area contributed by atoms with Crippen molar-refractivity contribution in [1.29, 1.82) is 0 Å². The van der Waals surface area contributed by atoms with E-state index in [2.05, 4.69) is 13.8 Å². The van der Waals surface area contributed by atoms with Crippen LogP contribution in [-0.4, -0.2) is 29.7 Å². The van der Waals surface area contributed by atoms with Gasteiger partial charge in [-0.3, -0.25) is 4.79 Å². The molecule has 6 bridgehead atoms. The highest BCUT2D eigenvalue weighted by Crippen LogP contribution is 2.88. The molecule has 0 unspecified atom stereocenters. The van der Waals surface area contributed by atoms with Gasteiger partial charge in [0, 0.05) is 18.9 Å². The minimum Gasteiger partial charge on any atom is -0.386 e. The van der Waals surface area contributed by atoms with Crippen LogP contribution in [0.1, 0.15) is 84.5 Å². The van der Waals surface area contributed by atoms with Crippen molar-refractivity contribution >= 4 is 5.78 Å².